The summed E-state index contributed by atoms with van der Waals surface area (Å²) in [5, 5.41) is 20.6. The average molecular weight is 289 g/mol. The summed E-state index contributed by atoms with van der Waals surface area (Å²) in [6.45, 7) is 0.841. The highest BCUT2D eigenvalue weighted by Crippen LogP contribution is 2.11. The maximum atomic E-state index is 12.0. The molecule has 1 aromatic carbocycles. The Bertz CT molecular complexity index is 582. The highest BCUT2D eigenvalue weighted by molar-refractivity contribution is 5.92. The monoisotopic (exact) mass is 289 g/mol. The lowest BCUT2D eigenvalue weighted by molar-refractivity contribution is -0.150. The number of amides is 1. The third-order valence-corrected chi connectivity index (χ3v) is 3.15. The predicted molar refractivity (Wildman–Crippen MR) is 73.6 cm³/mol. The van der Waals surface area contributed by atoms with E-state index >= 15 is 0 Å². The molecule has 0 radical (unpaired) electrons. The van der Waals surface area contributed by atoms with Crippen molar-refractivity contribution in [2.75, 3.05) is 31.6 Å². The number of nitriles is 1. The molecular formula is C14H15N3O4. The number of carbonyl (C=O) groups is 2. The van der Waals surface area contributed by atoms with Gasteiger partial charge < -0.3 is 15.2 Å². The maximum absolute atomic E-state index is 12.0. The summed E-state index contributed by atoms with van der Waals surface area (Å²) in [5.74, 6) is -1.33. The number of hydrogen-bond donors (Lipinski definition) is 2. The first-order chi connectivity index (χ1) is 10.1. The van der Waals surface area contributed by atoms with Gasteiger partial charge in [-0.05, 0) is 18.2 Å². The average Bonchev–Trinajstić information content (AvgIpc) is 2.47. The van der Waals surface area contributed by atoms with Crippen LogP contribution in [0.15, 0.2) is 24.3 Å². The molecule has 7 nitrogen and oxygen atoms in total. The van der Waals surface area contributed by atoms with E-state index in [2.05, 4.69) is 5.32 Å². The van der Waals surface area contributed by atoms with E-state index in [1.807, 2.05) is 6.07 Å². The summed E-state index contributed by atoms with van der Waals surface area (Å²) in [4.78, 5) is 24.6. The number of nitrogens with one attached hydrogen (secondary N) is 1. The molecular weight excluding hydrogens is 274 g/mol. The Hall–Kier alpha value is -2.43. The van der Waals surface area contributed by atoms with Gasteiger partial charge in [-0.25, -0.2) is 0 Å². The van der Waals surface area contributed by atoms with Crippen molar-refractivity contribution in [1.29, 1.82) is 5.26 Å². The van der Waals surface area contributed by atoms with Crippen molar-refractivity contribution in [2.24, 2.45) is 0 Å². The molecule has 1 atom stereocenters. The minimum absolute atomic E-state index is 0.0306. The molecule has 2 rings (SSSR count). The smallest absolute Gasteiger partial charge is 0.323 e. The van der Waals surface area contributed by atoms with E-state index < -0.39 is 12.0 Å². The fraction of sp³-hybridized carbons (Fsp3) is 0.357. The second kappa shape index (κ2) is 6.83. The molecule has 21 heavy (non-hydrogen) atoms. The highest BCUT2D eigenvalue weighted by atomic mass is 16.5. The number of rotatable bonds is 4. The number of anilines is 1. The molecule has 0 saturated carbocycles. The molecule has 2 N–H and O–H groups in total. The van der Waals surface area contributed by atoms with Gasteiger partial charge in [0.25, 0.3) is 0 Å². The van der Waals surface area contributed by atoms with E-state index in [0.29, 0.717) is 24.4 Å². The quantitative estimate of drug-likeness (QED) is 0.825. The maximum Gasteiger partial charge on any atom is 0.323 e. The lowest BCUT2D eigenvalue weighted by atomic mass is 10.2. The molecule has 1 saturated heterocycles. The van der Waals surface area contributed by atoms with Crippen LogP contribution in [0.5, 0.6) is 0 Å². The van der Waals surface area contributed by atoms with Gasteiger partial charge in [-0.2, -0.15) is 5.26 Å². The largest absolute Gasteiger partial charge is 0.480 e. The Labute approximate surface area is 121 Å². The van der Waals surface area contributed by atoms with Crippen LogP contribution < -0.4 is 5.32 Å². The SMILES string of the molecule is N#Cc1cccc(NC(=O)CN2CCOCC2C(=O)O)c1. The van der Waals surface area contributed by atoms with Gasteiger partial charge in [-0.3, -0.25) is 14.5 Å². The zero-order valence-electron chi connectivity index (χ0n) is 11.3. The first-order valence-electron chi connectivity index (χ1n) is 6.45. The van der Waals surface area contributed by atoms with Gasteiger partial charge in [0.2, 0.25) is 5.91 Å². The molecule has 1 amide bonds. The van der Waals surface area contributed by atoms with E-state index in [1.165, 1.54) is 0 Å². The molecule has 0 aromatic heterocycles. The van der Waals surface area contributed by atoms with E-state index in [-0.39, 0.29) is 19.1 Å². The Kier molecular flexibility index (Phi) is 4.87. The molecule has 1 heterocycles. The zero-order chi connectivity index (χ0) is 15.2. The van der Waals surface area contributed by atoms with Crippen LogP contribution in [0.1, 0.15) is 5.56 Å². The van der Waals surface area contributed by atoms with Crippen LogP contribution in [0.3, 0.4) is 0 Å². The van der Waals surface area contributed by atoms with Crippen molar-refractivity contribution in [3.63, 3.8) is 0 Å². The minimum Gasteiger partial charge on any atom is -0.480 e. The Balaban J connectivity index is 1.97. The van der Waals surface area contributed by atoms with Gasteiger partial charge >= 0.3 is 5.97 Å². The number of carboxylic acids is 1. The molecule has 1 unspecified atom stereocenters. The number of carboxylic acid groups (broad SMARTS) is 1. The van der Waals surface area contributed by atoms with E-state index in [9.17, 15) is 9.59 Å². The second-order valence-electron chi connectivity index (χ2n) is 4.64. The summed E-state index contributed by atoms with van der Waals surface area (Å²) in [6.07, 6.45) is 0. The van der Waals surface area contributed by atoms with Gasteiger partial charge in [-0.15, -0.1) is 0 Å². The summed E-state index contributed by atoms with van der Waals surface area (Å²) in [5.41, 5.74) is 0.960. The van der Waals surface area contributed by atoms with Crippen LogP contribution in [-0.2, 0) is 14.3 Å². The third-order valence-electron chi connectivity index (χ3n) is 3.15. The summed E-state index contributed by atoms with van der Waals surface area (Å²) in [6, 6.07) is 7.72. The Morgan fingerprint density at radius 3 is 3.05 bits per heavy atom. The summed E-state index contributed by atoms with van der Waals surface area (Å²) >= 11 is 0. The van der Waals surface area contributed by atoms with E-state index in [1.54, 1.807) is 29.2 Å². The van der Waals surface area contributed by atoms with Crippen LogP contribution in [0.4, 0.5) is 5.69 Å². The molecule has 1 fully saturated rings. The minimum atomic E-state index is -1.01. The molecule has 110 valence electrons. The van der Waals surface area contributed by atoms with Crippen LogP contribution in [-0.4, -0.2) is 54.2 Å². The fourth-order valence-electron chi connectivity index (χ4n) is 2.11. The molecule has 0 aliphatic carbocycles. The molecule has 7 heteroatoms. The number of benzene rings is 1. The van der Waals surface area contributed by atoms with Crippen molar-refractivity contribution in [3.05, 3.63) is 29.8 Å². The Morgan fingerprint density at radius 1 is 1.52 bits per heavy atom. The normalized spacial score (nSPS) is 18.7. The number of ether oxygens (including phenoxy) is 1. The molecule has 1 aliphatic heterocycles. The Morgan fingerprint density at radius 2 is 2.33 bits per heavy atom. The lowest BCUT2D eigenvalue weighted by Gasteiger charge is -2.32. The number of morpholine rings is 1. The van der Waals surface area contributed by atoms with Crippen molar-refractivity contribution in [1.82, 2.24) is 4.90 Å². The number of carbonyl (C=O) groups excluding carboxylic acids is 1. The van der Waals surface area contributed by atoms with Crippen LogP contribution in [0, 0.1) is 11.3 Å². The molecule has 1 aliphatic rings. The topological polar surface area (TPSA) is 103 Å². The highest BCUT2D eigenvalue weighted by Gasteiger charge is 2.30. The third kappa shape index (κ3) is 4.02. The first kappa shape index (κ1) is 15.0. The van der Waals surface area contributed by atoms with E-state index in [4.69, 9.17) is 15.1 Å². The molecule has 0 spiro atoms. The van der Waals surface area contributed by atoms with Crippen molar-refractivity contribution < 1.29 is 19.4 Å². The van der Waals surface area contributed by atoms with Crippen LogP contribution in [0.2, 0.25) is 0 Å². The van der Waals surface area contributed by atoms with Crippen molar-refractivity contribution in [2.45, 2.75) is 6.04 Å². The van der Waals surface area contributed by atoms with Crippen LogP contribution in [0.25, 0.3) is 0 Å². The predicted octanol–water partition coefficient (Wildman–Crippen LogP) is 0.282. The van der Waals surface area contributed by atoms with Crippen molar-refractivity contribution >= 4 is 17.6 Å². The lowest BCUT2D eigenvalue weighted by Crippen LogP contribution is -2.52. The van der Waals surface area contributed by atoms with Crippen molar-refractivity contribution in [3.8, 4) is 6.07 Å². The number of aliphatic carboxylic acids is 1. The summed E-state index contributed by atoms with van der Waals surface area (Å²) in [7, 11) is 0. The number of hydrogen-bond acceptors (Lipinski definition) is 5. The van der Waals surface area contributed by atoms with Gasteiger partial charge in [0, 0.05) is 12.2 Å². The molecule has 1 aromatic rings. The van der Waals surface area contributed by atoms with Gasteiger partial charge in [0.05, 0.1) is 31.4 Å². The number of nitrogens with zero attached hydrogens (tertiary/aromatic N) is 2. The summed E-state index contributed by atoms with van der Waals surface area (Å²) < 4.78 is 5.11. The van der Waals surface area contributed by atoms with E-state index in [0.717, 1.165) is 0 Å². The first-order valence-corrected chi connectivity index (χ1v) is 6.45. The fourth-order valence-corrected chi connectivity index (χ4v) is 2.11. The van der Waals surface area contributed by atoms with Gasteiger partial charge in [0.1, 0.15) is 6.04 Å². The molecule has 0 bridgehead atoms. The standard InChI is InChI=1S/C14H15N3O4/c15-7-10-2-1-3-11(6-10)16-13(18)8-17-4-5-21-9-12(17)14(19)20/h1-3,6,12H,4-5,8-9H2,(H,16,18)(H,19,20). The zero-order valence-corrected chi connectivity index (χ0v) is 11.3. The van der Waals surface area contributed by atoms with Gasteiger partial charge in [-0.1, -0.05) is 6.07 Å². The van der Waals surface area contributed by atoms with Crippen LogP contribution >= 0.6 is 0 Å². The van der Waals surface area contributed by atoms with Gasteiger partial charge in [0.15, 0.2) is 0 Å². The second-order valence-corrected chi connectivity index (χ2v) is 4.64.